The standard InChI is InChI=1S/C16H19FN2OS2/c1-19(2)10-12-8-11(4-5-13(12)17)9-18-16(20)15-14(21-3)6-7-22-15/h4-8H,9-10H2,1-3H3,(H,18,20). The van der Waals surface area contributed by atoms with Gasteiger partial charge in [0, 0.05) is 23.5 Å². The molecule has 0 aliphatic carbocycles. The lowest BCUT2D eigenvalue weighted by atomic mass is 10.1. The van der Waals surface area contributed by atoms with Crippen molar-refractivity contribution in [2.24, 2.45) is 0 Å². The summed E-state index contributed by atoms with van der Waals surface area (Å²) in [6.07, 6.45) is 1.95. The maximum Gasteiger partial charge on any atom is 0.262 e. The van der Waals surface area contributed by atoms with E-state index >= 15 is 0 Å². The highest BCUT2D eigenvalue weighted by Gasteiger charge is 2.12. The van der Waals surface area contributed by atoms with E-state index in [1.807, 2.05) is 36.7 Å². The van der Waals surface area contributed by atoms with E-state index < -0.39 is 0 Å². The third-order valence-corrected chi connectivity index (χ3v) is 4.93. The molecule has 0 saturated heterocycles. The zero-order valence-electron chi connectivity index (χ0n) is 12.9. The molecule has 0 aliphatic heterocycles. The molecule has 1 aromatic carbocycles. The van der Waals surface area contributed by atoms with Crippen LogP contribution in [0, 0.1) is 5.82 Å². The second-order valence-electron chi connectivity index (χ2n) is 5.16. The van der Waals surface area contributed by atoms with Crippen molar-refractivity contribution < 1.29 is 9.18 Å². The summed E-state index contributed by atoms with van der Waals surface area (Å²) in [4.78, 5) is 15.8. The summed E-state index contributed by atoms with van der Waals surface area (Å²) in [5.74, 6) is -0.301. The minimum Gasteiger partial charge on any atom is -0.347 e. The predicted molar refractivity (Wildman–Crippen MR) is 91.1 cm³/mol. The van der Waals surface area contributed by atoms with Crippen molar-refractivity contribution in [1.82, 2.24) is 10.2 Å². The van der Waals surface area contributed by atoms with Crippen molar-refractivity contribution in [3.8, 4) is 0 Å². The van der Waals surface area contributed by atoms with Gasteiger partial charge in [-0.2, -0.15) is 0 Å². The number of thiophene rings is 1. The third kappa shape index (κ3) is 4.32. The molecule has 2 aromatic rings. The summed E-state index contributed by atoms with van der Waals surface area (Å²) in [5.41, 5.74) is 1.53. The molecule has 1 N–H and O–H groups in total. The summed E-state index contributed by atoms with van der Waals surface area (Å²) in [5, 5.41) is 4.81. The van der Waals surface area contributed by atoms with Crippen molar-refractivity contribution >= 4 is 29.0 Å². The number of hydrogen-bond donors (Lipinski definition) is 1. The van der Waals surface area contributed by atoms with Gasteiger partial charge in [0.15, 0.2) is 0 Å². The van der Waals surface area contributed by atoms with Crippen LogP contribution < -0.4 is 5.32 Å². The summed E-state index contributed by atoms with van der Waals surface area (Å²) in [7, 11) is 3.79. The molecule has 1 heterocycles. The number of halogens is 1. The summed E-state index contributed by atoms with van der Waals surface area (Å²) >= 11 is 2.99. The smallest absolute Gasteiger partial charge is 0.262 e. The van der Waals surface area contributed by atoms with Crippen molar-refractivity contribution in [2.45, 2.75) is 18.0 Å². The third-order valence-electron chi connectivity index (χ3n) is 3.11. The van der Waals surface area contributed by atoms with E-state index in [-0.39, 0.29) is 11.7 Å². The van der Waals surface area contributed by atoms with E-state index in [0.717, 1.165) is 15.3 Å². The molecule has 0 aliphatic rings. The van der Waals surface area contributed by atoms with E-state index in [4.69, 9.17) is 0 Å². The van der Waals surface area contributed by atoms with Gasteiger partial charge in [0.1, 0.15) is 10.7 Å². The number of thioether (sulfide) groups is 1. The first-order valence-corrected chi connectivity index (χ1v) is 8.93. The Morgan fingerprint density at radius 3 is 2.82 bits per heavy atom. The molecule has 0 bridgehead atoms. The number of carbonyl (C=O) groups is 1. The van der Waals surface area contributed by atoms with Gasteiger partial charge < -0.3 is 10.2 Å². The molecule has 118 valence electrons. The maximum atomic E-state index is 13.7. The maximum absolute atomic E-state index is 13.7. The molecule has 1 aromatic heterocycles. The van der Waals surface area contributed by atoms with Gasteiger partial charge in [-0.3, -0.25) is 4.79 Å². The normalized spacial score (nSPS) is 11.0. The lowest BCUT2D eigenvalue weighted by Crippen LogP contribution is -2.22. The minimum absolute atomic E-state index is 0.0853. The van der Waals surface area contributed by atoms with Gasteiger partial charge in [-0.05, 0) is 49.5 Å². The van der Waals surface area contributed by atoms with Crippen LogP contribution in [0.4, 0.5) is 4.39 Å². The average Bonchev–Trinajstić information content (AvgIpc) is 2.95. The molecular formula is C16H19FN2OS2. The van der Waals surface area contributed by atoms with Gasteiger partial charge in [-0.1, -0.05) is 6.07 Å². The molecule has 0 fully saturated rings. The molecular weight excluding hydrogens is 319 g/mol. The van der Waals surface area contributed by atoms with E-state index in [9.17, 15) is 9.18 Å². The Balaban J connectivity index is 2.04. The fraction of sp³-hybridized carbons (Fsp3) is 0.312. The van der Waals surface area contributed by atoms with Gasteiger partial charge >= 0.3 is 0 Å². The van der Waals surface area contributed by atoms with Crippen LogP contribution in [0.25, 0.3) is 0 Å². The van der Waals surface area contributed by atoms with Crippen molar-refractivity contribution in [3.05, 3.63) is 51.5 Å². The van der Waals surface area contributed by atoms with Crippen LogP contribution in [0.5, 0.6) is 0 Å². The summed E-state index contributed by atoms with van der Waals surface area (Å²) < 4.78 is 13.7. The number of amides is 1. The zero-order valence-corrected chi connectivity index (χ0v) is 14.5. The monoisotopic (exact) mass is 338 g/mol. The van der Waals surface area contributed by atoms with Gasteiger partial charge in [-0.15, -0.1) is 23.1 Å². The molecule has 0 atom stereocenters. The molecule has 3 nitrogen and oxygen atoms in total. The SMILES string of the molecule is CSc1ccsc1C(=O)NCc1ccc(F)c(CN(C)C)c1. The Hall–Kier alpha value is -1.37. The average molecular weight is 338 g/mol. The van der Waals surface area contributed by atoms with Crippen LogP contribution in [0.2, 0.25) is 0 Å². The number of nitrogens with one attached hydrogen (secondary N) is 1. The highest BCUT2D eigenvalue weighted by molar-refractivity contribution is 7.98. The van der Waals surface area contributed by atoms with Crippen LogP contribution >= 0.6 is 23.1 Å². The molecule has 0 unspecified atom stereocenters. The van der Waals surface area contributed by atoms with Gasteiger partial charge in [-0.25, -0.2) is 4.39 Å². The Morgan fingerprint density at radius 2 is 2.14 bits per heavy atom. The lowest BCUT2D eigenvalue weighted by Gasteiger charge is -2.12. The van der Waals surface area contributed by atoms with E-state index in [2.05, 4.69) is 5.32 Å². The molecule has 2 rings (SSSR count). The molecule has 1 amide bonds. The second kappa shape index (κ2) is 7.76. The van der Waals surface area contributed by atoms with Crippen LogP contribution in [0.1, 0.15) is 20.8 Å². The largest absolute Gasteiger partial charge is 0.347 e. The summed E-state index contributed by atoms with van der Waals surface area (Å²) in [6.45, 7) is 0.931. The first kappa shape index (κ1) is 17.0. The van der Waals surface area contributed by atoms with Crippen LogP contribution in [-0.2, 0) is 13.1 Å². The van der Waals surface area contributed by atoms with Crippen LogP contribution in [-0.4, -0.2) is 31.2 Å². The van der Waals surface area contributed by atoms with E-state index in [1.54, 1.807) is 23.9 Å². The van der Waals surface area contributed by atoms with Crippen LogP contribution in [0.15, 0.2) is 34.5 Å². The van der Waals surface area contributed by atoms with Gasteiger partial charge in [0.05, 0.1) is 0 Å². The minimum atomic E-state index is -0.216. The first-order valence-electron chi connectivity index (χ1n) is 6.83. The number of rotatable bonds is 6. The number of benzene rings is 1. The van der Waals surface area contributed by atoms with Crippen molar-refractivity contribution in [1.29, 1.82) is 0 Å². The quantitative estimate of drug-likeness (QED) is 0.817. The Kier molecular flexibility index (Phi) is 5.99. The second-order valence-corrected chi connectivity index (χ2v) is 6.93. The molecule has 0 spiro atoms. The van der Waals surface area contributed by atoms with Crippen LogP contribution in [0.3, 0.4) is 0 Å². The Morgan fingerprint density at radius 1 is 1.36 bits per heavy atom. The molecule has 6 heteroatoms. The highest BCUT2D eigenvalue weighted by Crippen LogP contribution is 2.25. The lowest BCUT2D eigenvalue weighted by molar-refractivity contribution is 0.0952. The van der Waals surface area contributed by atoms with Gasteiger partial charge in [0.25, 0.3) is 5.91 Å². The zero-order chi connectivity index (χ0) is 16.1. The van der Waals surface area contributed by atoms with E-state index in [0.29, 0.717) is 18.7 Å². The topological polar surface area (TPSA) is 32.3 Å². The fourth-order valence-electron chi connectivity index (χ4n) is 2.09. The van der Waals surface area contributed by atoms with Crippen molar-refractivity contribution in [3.63, 3.8) is 0 Å². The van der Waals surface area contributed by atoms with Crippen molar-refractivity contribution in [2.75, 3.05) is 20.4 Å². The number of carbonyl (C=O) groups excluding carboxylic acids is 1. The van der Waals surface area contributed by atoms with Gasteiger partial charge in [0.2, 0.25) is 0 Å². The molecule has 0 saturated carbocycles. The van der Waals surface area contributed by atoms with E-state index in [1.165, 1.54) is 17.4 Å². The fourth-order valence-corrected chi connectivity index (χ4v) is 3.75. The number of hydrogen-bond acceptors (Lipinski definition) is 4. The Labute approximate surface area is 138 Å². The first-order chi connectivity index (χ1) is 10.5. The summed E-state index contributed by atoms with van der Waals surface area (Å²) in [6, 6.07) is 6.91. The molecule has 22 heavy (non-hydrogen) atoms. The Bertz CT molecular complexity index is 655. The highest BCUT2D eigenvalue weighted by atomic mass is 32.2. The predicted octanol–water partition coefficient (Wildman–Crippen LogP) is 3.60. The molecule has 0 radical (unpaired) electrons. The number of nitrogens with zero attached hydrogens (tertiary/aromatic N) is 1.